The van der Waals surface area contributed by atoms with E-state index in [0.717, 1.165) is 57.1 Å². The van der Waals surface area contributed by atoms with Crippen LogP contribution in [0.25, 0.3) is 0 Å². The van der Waals surface area contributed by atoms with Crippen LogP contribution in [0.5, 0.6) is 0 Å². The molecule has 0 bridgehead atoms. The van der Waals surface area contributed by atoms with E-state index in [9.17, 15) is 9.59 Å². The first-order valence-electron chi connectivity index (χ1n) is 11.4. The normalized spacial score (nSPS) is 17.5. The molecule has 2 aliphatic rings. The Hall–Kier alpha value is -2.90. The van der Waals surface area contributed by atoms with Crippen LogP contribution in [0, 0.1) is 6.92 Å². The number of morpholine rings is 1. The Morgan fingerprint density at radius 1 is 1.03 bits per heavy atom. The van der Waals surface area contributed by atoms with E-state index in [1.807, 2.05) is 23.1 Å². The van der Waals surface area contributed by atoms with E-state index in [2.05, 4.69) is 35.3 Å². The van der Waals surface area contributed by atoms with Crippen molar-refractivity contribution in [1.29, 1.82) is 0 Å². The number of ether oxygens (including phenoxy) is 1. The van der Waals surface area contributed by atoms with Crippen LogP contribution in [0.1, 0.15) is 27.9 Å². The summed E-state index contributed by atoms with van der Waals surface area (Å²) in [5.41, 5.74) is 3.78. The molecule has 0 saturated carbocycles. The molecule has 7 nitrogen and oxygen atoms in total. The summed E-state index contributed by atoms with van der Waals surface area (Å²) in [6.07, 6.45) is 0.918. The van der Waals surface area contributed by atoms with Gasteiger partial charge in [0.2, 0.25) is 0 Å². The second kappa shape index (κ2) is 10.6. The molecular weight excluding hydrogens is 404 g/mol. The molecule has 2 aliphatic heterocycles. The van der Waals surface area contributed by atoms with E-state index >= 15 is 0 Å². The zero-order chi connectivity index (χ0) is 22.3. The van der Waals surface area contributed by atoms with Gasteiger partial charge in [-0.15, -0.1) is 0 Å². The number of carbonyl (C=O) groups excluding carboxylic acids is 2. The Morgan fingerprint density at radius 2 is 1.81 bits per heavy atom. The molecule has 2 saturated heterocycles. The smallest absolute Gasteiger partial charge is 0.324 e. The van der Waals surface area contributed by atoms with Crippen molar-refractivity contribution >= 4 is 17.6 Å². The predicted molar refractivity (Wildman–Crippen MR) is 125 cm³/mol. The van der Waals surface area contributed by atoms with Crippen LogP contribution in [0.3, 0.4) is 0 Å². The van der Waals surface area contributed by atoms with Crippen LogP contribution in [0.2, 0.25) is 0 Å². The molecule has 0 unspecified atom stereocenters. The highest BCUT2D eigenvalue weighted by Gasteiger charge is 2.27. The van der Waals surface area contributed by atoms with E-state index in [1.165, 1.54) is 5.56 Å². The van der Waals surface area contributed by atoms with Gasteiger partial charge in [-0.3, -0.25) is 14.6 Å². The minimum atomic E-state index is -0.0872. The van der Waals surface area contributed by atoms with Gasteiger partial charge in [0.05, 0.1) is 13.2 Å². The fourth-order valence-electron chi connectivity index (χ4n) is 4.25. The number of anilines is 1. The molecule has 2 aromatic rings. The van der Waals surface area contributed by atoms with Crippen LogP contribution in [-0.4, -0.2) is 74.2 Å². The van der Waals surface area contributed by atoms with Crippen molar-refractivity contribution in [3.8, 4) is 0 Å². The van der Waals surface area contributed by atoms with Gasteiger partial charge < -0.3 is 15.0 Å². The molecule has 170 valence electrons. The number of carbonyl (C=O) groups is 2. The topological polar surface area (TPSA) is 65.1 Å². The Bertz CT molecular complexity index is 925. The number of nitrogens with zero attached hydrogens (tertiary/aromatic N) is 3. The maximum Gasteiger partial charge on any atom is 0.324 e. The molecule has 2 aromatic carbocycles. The van der Waals surface area contributed by atoms with Crippen molar-refractivity contribution in [3.05, 3.63) is 65.2 Å². The summed E-state index contributed by atoms with van der Waals surface area (Å²) >= 11 is 0. The van der Waals surface area contributed by atoms with E-state index in [-0.39, 0.29) is 11.9 Å². The Labute approximate surface area is 189 Å². The van der Waals surface area contributed by atoms with Crippen molar-refractivity contribution in [3.63, 3.8) is 0 Å². The largest absolute Gasteiger partial charge is 0.379 e. The lowest BCUT2D eigenvalue weighted by atomic mass is 10.1. The SMILES string of the molecule is Cc1cccc(CN2CCCN(c3ccc(C(=O)NCCN4CCOCC4)cc3)C2=O)c1. The van der Waals surface area contributed by atoms with Crippen LogP contribution in [-0.2, 0) is 11.3 Å². The fraction of sp³-hybridized carbons (Fsp3) is 0.440. The molecule has 0 radical (unpaired) electrons. The summed E-state index contributed by atoms with van der Waals surface area (Å²) in [6, 6.07) is 15.6. The van der Waals surface area contributed by atoms with Crippen LogP contribution in [0.15, 0.2) is 48.5 Å². The number of nitrogens with one attached hydrogen (secondary N) is 1. The second-order valence-electron chi connectivity index (χ2n) is 8.46. The molecule has 2 heterocycles. The quantitative estimate of drug-likeness (QED) is 0.725. The number of hydrogen-bond donors (Lipinski definition) is 1. The zero-order valence-electron chi connectivity index (χ0n) is 18.8. The average Bonchev–Trinajstić information content (AvgIpc) is 2.81. The first-order chi connectivity index (χ1) is 15.6. The molecule has 0 aromatic heterocycles. The van der Waals surface area contributed by atoms with Gasteiger partial charge in [-0.1, -0.05) is 29.8 Å². The van der Waals surface area contributed by atoms with Gasteiger partial charge in [-0.05, 0) is 43.2 Å². The van der Waals surface area contributed by atoms with E-state index in [1.54, 1.807) is 17.0 Å². The van der Waals surface area contributed by atoms with Gasteiger partial charge in [-0.2, -0.15) is 0 Å². The third-order valence-electron chi connectivity index (χ3n) is 6.03. The number of aryl methyl sites for hydroxylation is 1. The number of benzene rings is 2. The summed E-state index contributed by atoms with van der Waals surface area (Å²) in [5.74, 6) is -0.0872. The van der Waals surface area contributed by atoms with Crippen molar-refractivity contribution in [1.82, 2.24) is 15.1 Å². The highest BCUT2D eigenvalue weighted by molar-refractivity contribution is 5.96. The molecule has 0 aliphatic carbocycles. The van der Waals surface area contributed by atoms with E-state index < -0.39 is 0 Å². The fourth-order valence-corrected chi connectivity index (χ4v) is 4.25. The minimum absolute atomic E-state index is 0.0143. The molecule has 3 amide bonds. The molecule has 32 heavy (non-hydrogen) atoms. The molecule has 4 rings (SSSR count). The predicted octanol–water partition coefficient (Wildman–Crippen LogP) is 2.89. The lowest BCUT2D eigenvalue weighted by molar-refractivity contribution is 0.0383. The Balaban J connectivity index is 1.32. The maximum absolute atomic E-state index is 13.1. The maximum atomic E-state index is 13.1. The molecule has 0 spiro atoms. The summed E-state index contributed by atoms with van der Waals surface area (Å²) in [4.78, 5) is 31.6. The number of rotatable bonds is 7. The number of hydrogen-bond acceptors (Lipinski definition) is 4. The lowest BCUT2D eigenvalue weighted by Gasteiger charge is -2.35. The van der Waals surface area contributed by atoms with Crippen molar-refractivity contribution in [2.75, 3.05) is 57.4 Å². The monoisotopic (exact) mass is 436 g/mol. The lowest BCUT2D eigenvalue weighted by Crippen LogP contribution is -2.49. The molecular formula is C25H32N4O3. The summed E-state index contributed by atoms with van der Waals surface area (Å²) in [5, 5.41) is 2.98. The Kier molecular flexibility index (Phi) is 7.39. The summed E-state index contributed by atoms with van der Waals surface area (Å²) in [6.45, 7) is 8.89. The third-order valence-corrected chi connectivity index (χ3v) is 6.03. The highest BCUT2D eigenvalue weighted by atomic mass is 16.5. The molecule has 2 fully saturated rings. The van der Waals surface area contributed by atoms with Gasteiger partial charge >= 0.3 is 6.03 Å². The summed E-state index contributed by atoms with van der Waals surface area (Å²) < 4.78 is 5.35. The standard InChI is InChI=1S/C25H32N4O3/c1-20-4-2-5-21(18-20)19-28-11-3-12-29(25(28)31)23-8-6-22(7-9-23)24(30)26-10-13-27-14-16-32-17-15-27/h2,4-9,18H,3,10-17,19H2,1H3,(H,26,30). The molecule has 1 N–H and O–H groups in total. The second-order valence-corrected chi connectivity index (χ2v) is 8.46. The van der Waals surface area contributed by atoms with Gasteiger partial charge in [0, 0.05) is 57.1 Å². The van der Waals surface area contributed by atoms with Gasteiger partial charge in [0.15, 0.2) is 0 Å². The summed E-state index contributed by atoms with van der Waals surface area (Å²) in [7, 11) is 0. The van der Waals surface area contributed by atoms with Gasteiger partial charge in [0.25, 0.3) is 5.91 Å². The van der Waals surface area contributed by atoms with Crippen molar-refractivity contribution < 1.29 is 14.3 Å². The first-order valence-corrected chi connectivity index (χ1v) is 11.4. The van der Waals surface area contributed by atoms with Gasteiger partial charge in [-0.25, -0.2) is 4.79 Å². The minimum Gasteiger partial charge on any atom is -0.379 e. The van der Waals surface area contributed by atoms with Gasteiger partial charge in [0.1, 0.15) is 0 Å². The zero-order valence-corrected chi connectivity index (χ0v) is 18.8. The van der Waals surface area contributed by atoms with E-state index in [4.69, 9.17) is 4.74 Å². The van der Waals surface area contributed by atoms with Crippen molar-refractivity contribution in [2.45, 2.75) is 19.9 Å². The highest BCUT2D eigenvalue weighted by Crippen LogP contribution is 2.22. The third kappa shape index (κ3) is 5.66. The van der Waals surface area contributed by atoms with Crippen LogP contribution < -0.4 is 10.2 Å². The molecule has 7 heteroatoms. The van der Waals surface area contributed by atoms with E-state index in [0.29, 0.717) is 25.2 Å². The van der Waals surface area contributed by atoms with Crippen LogP contribution >= 0.6 is 0 Å². The Morgan fingerprint density at radius 3 is 2.56 bits per heavy atom. The number of amides is 3. The van der Waals surface area contributed by atoms with Crippen molar-refractivity contribution in [2.24, 2.45) is 0 Å². The average molecular weight is 437 g/mol. The molecule has 0 atom stereocenters. The first kappa shape index (κ1) is 22.3. The van der Waals surface area contributed by atoms with Crippen LogP contribution in [0.4, 0.5) is 10.5 Å². The number of urea groups is 1.